The van der Waals surface area contributed by atoms with Gasteiger partial charge in [-0.2, -0.15) is 11.8 Å². The SMILES string of the molecule is C1=C/C[C@H]2OC(c3ccccc3)O[C@@H]2CCSCC/1. The zero-order chi connectivity index (χ0) is 12.9. The molecular weight excluding hydrogens is 256 g/mol. The van der Waals surface area contributed by atoms with E-state index in [1.165, 1.54) is 17.9 Å². The molecule has 0 saturated carbocycles. The van der Waals surface area contributed by atoms with E-state index in [1.807, 2.05) is 30.0 Å². The van der Waals surface area contributed by atoms with Crippen LogP contribution in [0, 0.1) is 0 Å². The molecule has 3 rings (SSSR count). The van der Waals surface area contributed by atoms with Crippen LogP contribution in [-0.4, -0.2) is 23.7 Å². The Balaban J connectivity index is 1.70. The van der Waals surface area contributed by atoms with Gasteiger partial charge < -0.3 is 9.47 Å². The van der Waals surface area contributed by atoms with Gasteiger partial charge in [0.2, 0.25) is 0 Å². The predicted molar refractivity (Wildman–Crippen MR) is 79.2 cm³/mol. The van der Waals surface area contributed by atoms with Gasteiger partial charge in [-0.1, -0.05) is 42.5 Å². The lowest BCUT2D eigenvalue weighted by molar-refractivity contribution is -0.0686. The number of thioether (sulfide) groups is 1. The van der Waals surface area contributed by atoms with Crippen LogP contribution in [0.2, 0.25) is 0 Å². The van der Waals surface area contributed by atoms with Crippen molar-refractivity contribution < 1.29 is 9.47 Å². The molecule has 0 aromatic heterocycles. The normalized spacial score (nSPS) is 33.6. The zero-order valence-electron chi connectivity index (χ0n) is 11.0. The second-order valence-electron chi connectivity index (χ2n) is 4.99. The minimum Gasteiger partial charge on any atom is -0.342 e. The molecule has 1 unspecified atom stereocenters. The van der Waals surface area contributed by atoms with Crippen molar-refractivity contribution >= 4 is 11.8 Å². The fourth-order valence-corrected chi connectivity index (χ4v) is 3.46. The smallest absolute Gasteiger partial charge is 0.184 e. The van der Waals surface area contributed by atoms with E-state index in [9.17, 15) is 0 Å². The maximum absolute atomic E-state index is 6.11. The molecule has 1 aromatic rings. The molecule has 102 valence electrons. The Kier molecular flexibility index (Phi) is 4.59. The highest BCUT2D eigenvalue weighted by Crippen LogP contribution is 2.35. The van der Waals surface area contributed by atoms with Crippen LogP contribution in [0.3, 0.4) is 0 Å². The monoisotopic (exact) mass is 276 g/mol. The Hall–Kier alpha value is -0.770. The van der Waals surface area contributed by atoms with E-state index in [2.05, 4.69) is 24.3 Å². The summed E-state index contributed by atoms with van der Waals surface area (Å²) in [7, 11) is 0. The van der Waals surface area contributed by atoms with Crippen LogP contribution in [0.25, 0.3) is 0 Å². The lowest BCUT2D eigenvalue weighted by Gasteiger charge is -2.15. The molecular formula is C16H20O2S. The van der Waals surface area contributed by atoms with Crippen LogP contribution in [-0.2, 0) is 9.47 Å². The van der Waals surface area contributed by atoms with E-state index in [-0.39, 0.29) is 18.5 Å². The highest BCUT2D eigenvalue weighted by atomic mass is 32.2. The van der Waals surface area contributed by atoms with Crippen molar-refractivity contribution in [1.82, 2.24) is 0 Å². The molecule has 0 N–H and O–H groups in total. The quantitative estimate of drug-likeness (QED) is 0.724. The van der Waals surface area contributed by atoms with E-state index in [1.54, 1.807) is 0 Å². The maximum atomic E-state index is 6.11. The molecule has 1 aromatic carbocycles. The second kappa shape index (κ2) is 6.60. The average molecular weight is 276 g/mol. The molecule has 2 aliphatic heterocycles. The first-order valence-electron chi connectivity index (χ1n) is 7.02. The third-order valence-electron chi connectivity index (χ3n) is 3.59. The molecule has 0 bridgehead atoms. The van der Waals surface area contributed by atoms with Crippen molar-refractivity contribution in [2.24, 2.45) is 0 Å². The minimum absolute atomic E-state index is 0.185. The van der Waals surface area contributed by atoms with Gasteiger partial charge in [0.15, 0.2) is 6.29 Å². The summed E-state index contributed by atoms with van der Waals surface area (Å²) in [4.78, 5) is 0. The number of hydrogen-bond donors (Lipinski definition) is 0. The molecule has 0 aliphatic carbocycles. The highest BCUT2D eigenvalue weighted by Gasteiger charge is 2.35. The number of allylic oxidation sites excluding steroid dienone is 1. The van der Waals surface area contributed by atoms with Gasteiger partial charge in [-0.25, -0.2) is 0 Å². The van der Waals surface area contributed by atoms with E-state index in [0.717, 1.165) is 18.4 Å². The first kappa shape index (κ1) is 13.2. The molecule has 1 saturated heterocycles. The molecule has 0 spiro atoms. The van der Waals surface area contributed by atoms with Gasteiger partial charge >= 0.3 is 0 Å². The molecule has 3 heteroatoms. The number of rotatable bonds is 1. The van der Waals surface area contributed by atoms with Crippen LogP contribution >= 0.6 is 11.8 Å². The Morgan fingerprint density at radius 3 is 2.68 bits per heavy atom. The maximum Gasteiger partial charge on any atom is 0.184 e. The molecule has 19 heavy (non-hydrogen) atoms. The summed E-state index contributed by atoms with van der Waals surface area (Å²) in [5.74, 6) is 2.39. The first-order valence-corrected chi connectivity index (χ1v) is 8.17. The molecule has 2 heterocycles. The van der Waals surface area contributed by atoms with Gasteiger partial charge in [-0.05, 0) is 30.8 Å². The standard InChI is InChI=1S/C16H20O2S/c1-3-7-13(8-4-1)16-17-14-9-5-2-6-11-19-12-10-15(14)18-16/h1-5,7-8,14-16H,6,9-12H2/b5-2+/t14-,15-,16?/m1/s1. The Labute approximate surface area is 119 Å². The van der Waals surface area contributed by atoms with E-state index < -0.39 is 0 Å². The Morgan fingerprint density at radius 2 is 1.79 bits per heavy atom. The molecule has 2 aliphatic rings. The van der Waals surface area contributed by atoms with Gasteiger partial charge in [0.05, 0.1) is 12.2 Å². The molecule has 2 nitrogen and oxygen atoms in total. The number of benzene rings is 1. The lowest BCUT2D eigenvalue weighted by atomic mass is 10.1. The van der Waals surface area contributed by atoms with E-state index in [0.29, 0.717) is 0 Å². The number of fused-ring (bicyclic) bond motifs is 1. The summed E-state index contributed by atoms with van der Waals surface area (Å²) in [6.07, 6.45) is 8.02. The number of ether oxygens (including phenoxy) is 2. The summed E-state index contributed by atoms with van der Waals surface area (Å²) in [5.41, 5.74) is 1.13. The van der Waals surface area contributed by atoms with Crippen molar-refractivity contribution in [2.45, 2.75) is 37.8 Å². The van der Waals surface area contributed by atoms with Crippen molar-refractivity contribution in [2.75, 3.05) is 11.5 Å². The summed E-state index contributed by atoms with van der Waals surface area (Å²) in [6, 6.07) is 10.2. The fraction of sp³-hybridized carbons (Fsp3) is 0.500. The van der Waals surface area contributed by atoms with Crippen LogP contribution in [0.15, 0.2) is 42.5 Å². The minimum atomic E-state index is -0.185. The van der Waals surface area contributed by atoms with Crippen LogP contribution in [0.1, 0.15) is 31.1 Å². The molecule has 1 fully saturated rings. The van der Waals surface area contributed by atoms with Crippen LogP contribution < -0.4 is 0 Å². The third-order valence-corrected chi connectivity index (χ3v) is 4.64. The third kappa shape index (κ3) is 3.41. The first-order chi connectivity index (χ1) is 9.43. The second-order valence-corrected chi connectivity index (χ2v) is 6.21. The zero-order valence-corrected chi connectivity index (χ0v) is 11.9. The van der Waals surface area contributed by atoms with Gasteiger partial charge in [-0.15, -0.1) is 0 Å². The highest BCUT2D eigenvalue weighted by molar-refractivity contribution is 7.99. The largest absolute Gasteiger partial charge is 0.342 e. The topological polar surface area (TPSA) is 18.5 Å². The van der Waals surface area contributed by atoms with Gasteiger partial charge in [0.25, 0.3) is 0 Å². The molecule has 0 amide bonds. The van der Waals surface area contributed by atoms with Crippen molar-refractivity contribution in [3.05, 3.63) is 48.0 Å². The molecule has 3 atom stereocenters. The summed E-state index contributed by atoms with van der Waals surface area (Å²) in [5, 5.41) is 0. The number of hydrogen-bond acceptors (Lipinski definition) is 3. The lowest BCUT2D eigenvalue weighted by Crippen LogP contribution is -2.22. The van der Waals surface area contributed by atoms with E-state index in [4.69, 9.17) is 9.47 Å². The van der Waals surface area contributed by atoms with Gasteiger partial charge in [0, 0.05) is 5.56 Å². The van der Waals surface area contributed by atoms with Gasteiger partial charge in [-0.3, -0.25) is 0 Å². The van der Waals surface area contributed by atoms with Crippen molar-refractivity contribution in [1.29, 1.82) is 0 Å². The van der Waals surface area contributed by atoms with Crippen molar-refractivity contribution in [3.8, 4) is 0 Å². The summed E-state index contributed by atoms with van der Waals surface area (Å²) >= 11 is 2.01. The Morgan fingerprint density at radius 1 is 0.947 bits per heavy atom. The fourth-order valence-electron chi connectivity index (χ4n) is 2.55. The van der Waals surface area contributed by atoms with Crippen molar-refractivity contribution in [3.63, 3.8) is 0 Å². The van der Waals surface area contributed by atoms with Crippen LogP contribution in [0.4, 0.5) is 0 Å². The Bertz CT molecular complexity index is 418. The van der Waals surface area contributed by atoms with Gasteiger partial charge in [0.1, 0.15) is 0 Å². The molecule has 0 radical (unpaired) electrons. The summed E-state index contributed by atoms with van der Waals surface area (Å²) < 4.78 is 12.2. The van der Waals surface area contributed by atoms with E-state index >= 15 is 0 Å². The predicted octanol–water partition coefficient (Wildman–Crippen LogP) is 3.94. The summed E-state index contributed by atoms with van der Waals surface area (Å²) in [6.45, 7) is 0. The van der Waals surface area contributed by atoms with Crippen LogP contribution in [0.5, 0.6) is 0 Å². The average Bonchev–Trinajstić information content (AvgIpc) is 2.87.